The Hall–Kier alpha value is -0.710. The smallest absolute Gasteiger partial charge is 0.248 e. The van der Waals surface area contributed by atoms with Crippen molar-refractivity contribution in [2.75, 3.05) is 18.6 Å². The number of thioether (sulfide) groups is 1. The number of carbonyl (C=O) groups excluding carboxylic acids is 2. The van der Waals surface area contributed by atoms with Gasteiger partial charge in [-0.25, -0.2) is 0 Å². The number of rotatable bonds is 4. The van der Waals surface area contributed by atoms with Crippen LogP contribution in [0, 0.1) is 5.92 Å². The minimum atomic E-state index is -0.666. The molecule has 2 rings (SSSR count). The normalized spacial score (nSPS) is 33.3. The maximum absolute atomic E-state index is 12.7. The molecular formula is C13H22N2O2S. The Morgan fingerprint density at radius 3 is 2.67 bits per heavy atom. The first-order valence-electron chi connectivity index (χ1n) is 6.60. The van der Waals surface area contributed by atoms with Crippen LogP contribution in [0.25, 0.3) is 0 Å². The molecule has 102 valence electrons. The fraction of sp³-hybridized carbons (Fsp3) is 0.846. The zero-order valence-corrected chi connectivity index (χ0v) is 12.2. The lowest BCUT2D eigenvalue weighted by Crippen LogP contribution is -2.57. The van der Waals surface area contributed by atoms with Crippen LogP contribution in [0.3, 0.4) is 0 Å². The maximum atomic E-state index is 12.7. The van der Waals surface area contributed by atoms with Crippen LogP contribution in [-0.4, -0.2) is 46.8 Å². The summed E-state index contributed by atoms with van der Waals surface area (Å²) >= 11 is 1.73. The highest BCUT2D eigenvalue weighted by molar-refractivity contribution is 7.98. The summed E-state index contributed by atoms with van der Waals surface area (Å²) in [5, 5.41) is 2.97. The van der Waals surface area contributed by atoms with Gasteiger partial charge in [-0.1, -0.05) is 0 Å². The van der Waals surface area contributed by atoms with Crippen molar-refractivity contribution in [3.63, 3.8) is 0 Å². The molecule has 0 spiro atoms. The van der Waals surface area contributed by atoms with E-state index >= 15 is 0 Å². The number of nitrogens with one attached hydrogen (secondary N) is 1. The summed E-state index contributed by atoms with van der Waals surface area (Å²) in [5.41, 5.74) is -0.666. The molecule has 0 aromatic carbocycles. The van der Waals surface area contributed by atoms with E-state index in [9.17, 15) is 9.59 Å². The van der Waals surface area contributed by atoms with Gasteiger partial charge in [0.25, 0.3) is 0 Å². The van der Waals surface area contributed by atoms with Crippen molar-refractivity contribution in [3.05, 3.63) is 0 Å². The average Bonchev–Trinajstić information content (AvgIpc) is 3.11. The van der Waals surface area contributed by atoms with E-state index in [1.807, 2.05) is 25.0 Å². The summed E-state index contributed by atoms with van der Waals surface area (Å²) in [7, 11) is 0. The van der Waals surface area contributed by atoms with Gasteiger partial charge in [-0.3, -0.25) is 9.59 Å². The van der Waals surface area contributed by atoms with E-state index in [1.54, 1.807) is 11.8 Å². The number of nitrogens with zero attached hydrogens (tertiary/aromatic N) is 1. The van der Waals surface area contributed by atoms with Crippen LogP contribution in [0.5, 0.6) is 0 Å². The lowest BCUT2D eigenvalue weighted by Gasteiger charge is -2.34. The van der Waals surface area contributed by atoms with E-state index in [0.717, 1.165) is 25.1 Å². The van der Waals surface area contributed by atoms with Gasteiger partial charge in [-0.2, -0.15) is 11.8 Å². The Bertz CT molecular complexity index is 357. The van der Waals surface area contributed by atoms with Gasteiger partial charge < -0.3 is 10.2 Å². The highest BCUT2D eigenvalue weighted by Crippen LogP contribution is 2.41. The van der Waals surface area contributed by atoms with E-state index < -0.39 is 5.54 Å². The molecule has 0 radical (unpaired) electrons. The van der Waals surface area contributed by atoms with Crippen molar-refractivity contribution in [1.29, 1.82) is 0 Å². The Labute approximate surface area is 113 Å². The van der Waals surface area contributed by atoms with E-state index in [1.165, 1.54) is 0 Å². The molecule has 5 heteroatoms. The van der Waals surface area contributed by atoms with Gasteiger partial charge in [0.1, 0.15) is 5.54 Å². The molecule has 1 saturated carbocycles. The van der Waals surface area contributed by atoms with Gasteiger partial charge in [0, 0.05) is 24.8 Å². The molecule has 2 atom stereocenters. The Kier molecular flexibility index (Phi) is 3.90. The zero-order valence-electron chi connectivity index (χ0n) is 11.4. The summed E-state index contributed by atoms with van der Waals surface area (Å²) in [6, 6.07) is 0.00484. The monoisotopic (exact) mass is 270 g/mol. The first kappa shape index (κ1) is 13.7. The second kappa shape index (κ2) is 5.11. The highest BCUT2D eigenvalue weighted by atomic mass is 32.2. The van der Waals surface area contributed by atoms with E-state index in [2.05, 4.69) is 5.32 Å². The van der Waals surface area contributed by atoms with Crippen molar-refractivity contribution in [2.24, 2.45) is 5.92 Å². The number of hydrogen-bond donors (Lipinski definition) is 1. The van der Waals surface area contributed by atoms with Crippen LogP contribution in [-0.2, 0) is 9.59 Å². The molecule has 0 aromatic heterocycles. The second-order valence-electron chi connectivity index (χ2n) is 5.57. The maximum Gasteiger partial charge on any atom is 0.248 e. The van der Waals surface area contributed by atoms with Crippen molar-refractivity contribution in [3.8, 4) is 0 Å². The van der Waals surface area contributed by atoms with Crippen molar-refractivity contribution in [1.82, 2.24) is 10.2 Å². The van der Waals surface area contributed by atoms with Gasteiger partial charge in [0.05, 0.1) is 0 Å². The van der Waals surface area contributed by atoms with Gasteiger partial charge in [0.2, 0.25) is 11.8 Å². The van der Waals surface area contributed by atoms with Crippen LogP contribution in [0.4, 0.5) is 0 Å². The van der Waals surface area contributed by atoms with Crippen LogP contribution < -0.4 is 5.32 Å². The molecule has 2 unspecified atom stereocenters. The molecule has 4 nitrogen and oxygen atoms in total. The predicted molar refractivity (Wildman–Crippen MR) is 73.4 cm³/mol. The molecule has 0 bridgehead atoms. The zero-order chi connectivity index (χ0) is 13.3. The molecule has 1 aliphatic heterocycles. The number of amides is 2. The quantitative estimate of drug-likeness (QED) is 0.836. The van der Waals surface area contributed by atoms with Crippen LogP contribution in [0.1, 0.15) is 33.1 Å². The standard InChI is InChI=1S/C13H22N2O2S/c1-9-8-11(16)14-13(2,10-4-5-10)12(17)15(9)6-7-18-3/h9-10H,4-8H2,1-3H3,(H,14,16). The summed E-state index contributed by atoms with van der Waals surface area (Å²) in [5.74, 6) is 1.37. The third-order valence-electron chi connectivity index (χ3n) is 4.05. The van der Waals surface area contributed by atoms with Gasteiger partial charge in [-0.15, -0.1) is 0 Å². The van der Waals surface area contributed by atoms with Crippen molar-refractivity contribution >= 4 is 23.6 Å². The number of carbonyl (C=O) groups is 2. The molecule has 2 fully saturated rings. The second-order valence-corrected chi connectivity index (χ2v) is 6.55. The molecule has 18 heavy (non-hydrogen) atoms. The fourth-order valence-electron chi connectivity index (χ4n) is 2.72. The Morgan fingerprint density at radius 2 is 2.11 bits per heavy atom. The Morgan fingerprint density at radius 1 is 1.44 bits per heavy atom. The topological polar surface area (TPSA) is 49.4 Å². The molecule has 1 aliphatic carbocycles. The fourth-order valence-corrected chi connectivity index (χ4v) is 3.10. The van der Waals surface area contributed by atoms with E-state index in [-0.39, 0.29) is 17.9 Å². The number of hydrogen-bond acceptors (Lipinski definition) is 3. The summed E-state index contributed by atoms with van der Waals surface area (Å²) < 4.78 is 0. The van der Waals surface area contributed by atoms with Gasteiger partial charge in [-0.05, 0) is 38.9 Å². The molecule has 1 N–H and O–H groups in total. The highest BCUT2D eigenvalue weighted by Gasteiger charge is 2.52. The Balaban J connectivity index is 2.21. The first-order chi connectivity index (χ1) is 8.49. The van der Waals surface area contributed by atoms with Crippen LogP contribution in [0.15, 0.2) is 0 Å². The largest absolute Gasteiger partial charge is 0.342 e. The molecule has 2 aliphatic rings. The third-order valence-corrected chi connectivity index (χ3v) is 4.64. The molecule has 2 amide bonds. The lowest BCUT2D eigenvalue weighted by atomic mass is 9.94. The first-order valence-corrected chi connectivity index (χ1v) is 7.99. The third kappa shape index (κ3) is 2.51. The van der Waals surface area contributed by atoms with E-state index in [0.29, 0.717) is 12.3 Å². The minimum Gasteiger partial charge on any atom is -0.342 e. The molecular weight excluding hydrogens is 248 g/mol. The minimum absolute atomic E-state index is 0.00484. The predicted octanol–water partition coefficient (Wildman–Crippen LogP) is 1.26. The van der Waals surface area contributed by atoms with Gasteiger partial charge >= 0.3 is 0 Å². The van der Waals surface area contributed by atoms with Crippen molar-refractivity contribution in [2.45, 2.75) is 44.7 Å². The summed E-state index contributed by atoms with van der Waals surface area (Å²) in [4.78, 5) is 26.5. The SMILES string of the molecule is CSCCN1C(=O)C(C)(C2CC2)NC(=O)CC1C. The summed E-state index contributed by atoms with van der Waals surface area (Å²) in [6.45, 7) is 4.60. The molecule has 1 heterocycles. The van der Waals surface area contributed by atoms with E-state index in [4.69, 9.17) is 0 Å². The van der Waals surface area contributed by atoms with Crippen LogP contribution in [0.2, 0.25) is 0 Å². The summed E-state index contributed by atoms with van der Waals surface area (Å²) in [6.07, 6.45) is 4.55. The van der Waals surface area contributed by atoms with Crippen LogP contribution >= 0.6 is 11.8 Å². The molecule has 0 aromatic rings. The lowest BCUT2D eigenvalue weighted by molar-refractivity contribution is -0.140. The van der Waals surface area contributed by atoms with Crippen molar-refractivity contribution < 1.29 is 9.59 Å². The molecule has 1 saturated heterocycles. The van der Waals surface area contributed by atoms with Gasteiger partial charge in [0.15, 0.2) is 0 Å². The average molecular weight is 270 g/mol.